The minimum atomic E-state index is 0.710. The van der Waals surface area contributed by atoms with Crippen LogP contribution in [0.25, 0.3) is 0 Å². The van der Waals surface area contributed by atoms with E-state index in [4.69, 9.17) is 0 Å². The van der Waals surface area contributed by atoms with E-state index in [2.05, 4.69) is 66.1 Å². The number of aryl methyl sites for hydroxylation is 1. The molecule has 27 heavy (non-hydrogen) atoms. The molecule has 0 radical (unpaired) electrons. The highest BCUT2D eigenvalue weighted by atomic mass is 14.9. The maximum Gasteiger partial charge on any atom is 0.0205 e. The van der Waals surface area contributed by atoms with Crippen LogP contribution in [0.15, 0.2) is 48.5 Å². The fraction of sp³-hybridized carbons (Fsp3) is 0.520. The first-order valence-electron chi connectivity index (χ1n) is 10.7. The molecule has 1 unspecified atom stereocenters. The van der Waals surface area contributed by atoms with Crippen LogP contribution in [0.2, 0.25) is 0 Å². The minimum absolute atomic E-state index is 0.710. The molecule has 2 aromatic rings. The van der Waals surface area contributed by atoms with Crippen LogP contribution >= 0.6 is 0 Å². The third kappa shape index (κ3) is 6.19. The van der Waals surface area contributed by atoms with Crippen molar-refractivity contribution >= 4 is 0 Å². The van der Waals surface area contributed by atoms with Gasteiger partial charge in [-0.3, -0.25) is 0 Å². The van der Waals surface area contributed by atoms with E-state index in [1.54, 1.807) is 11.1 Å². The van der Waals surface area contributed by atoms with E-state index in [0.29, 0.717) is 5.92 Å². The van der Waals surface area contributed by atoms with Crippen LogP contribution in [-0.2, 0) is 25.8 Å². The molecule has 0 aromatic heterocycles. The standard InChI is InChI=1S/C25H36N2/c1-20(11-12-22-7-3-6-10-25(22)19-26-2)17-23-8-4-5-9-24(23)18-21-13-15-27-16-14-21/h3-10,20-21,26-27H,11-19H2,1-2H3. The summed E-state index contributed by atoms with van der Waals surface area (Å²) in [5, 5.41) is 6.78. The van der Waals surface area contributed by atoms with Gasteiger partial charge in [0.25, 0.3) is 0 Å². The fourth-order valence-electron chi connectivity index (χ4n) is 4.40. The van der Waals surface area contributed by atoms with Crippen LogP contribution in [0.1, 0.15) is 48.4 Å². The summed E-state index contributed by atoms with van der Waals surface area (Å²) >= 11 is 0. The lowest BCUT2D eigenvalue weighted by molar-refractivity contribution is 0.371. The lowest BCUT2D eigenvalue weighted by Crippen LogP contribution is -2.28. The van der Waals surface area contributed by atoms with Crippen molar-refractivity contribution in [1.82, 2.24) is 10.6 Å². The molecule has 1 atom stereocenters. The van der Waals surface area contributed by atoms with E-state index in [0.717, 1.165) is 12.5 Å². The largest absolute Gasteiger partial charge is 0.317 e. The normalized spacial score (nSPS) is 16.4. The molecule has 1 saturated heterocycles. The van der Waals surface area contributed by atoms with Gasteiger partial charge in [0, 0.05) is 6.54 Å². The molecule has 0 aliphatic carbocycles. The zero-order chi connectivity index (χ0) is 18.9. The molecule has 146 valence electrons. The molecule has 2 aromatic carbocycles. The molecule has 1 fully saturated rings. The molecule has 0 bridgehead atoms. The van der Waals surface area contributed by atoms with Crippen molar-refractivity contribution in [2.24, 2.45) is 11.8 Å². The lowest BCUT2D eigenvalue weighted by atomic mass is 9.86. The SMILES string of the molecule is CNCc1ccccc1CCC(C)Cc1ccccc1CC1CCNCC1. The lowest BCUT2D eigenvalue weighted by Gasteiger charge is -2.24. The third-order valence-electron chi connectivity index (χ3n) is 6.05. The number of hydrogen-bond donors (Lipinski definition) is 2. The summed E-state index contributed by atoms with van der Waals surface area (Å²) in [6.45, 7) is 5.76. The Kier molecular flexibility index (Phi) is 7.92. The Morgan fingerprint density at radius 2 is 1.56 bits per heavy atom. The van der Waals surface area contributed by atoms with E-state index in [1.807, 2.05) is 7.05 Å². The summed E-state index contributed by atoms with van der Waals surface area (Å²) < 4.78 is 0. The molecule has 1 heterocycles. The fourth-order valence-corrected chi connectivity index (χ4v) is 4.40. The number of piperidine rings is 1. The highest BCUT2D eigenvalue weighted by Gasteiger charge is 2.16. The zero-order valence-corrected chi connectivity index (χ0v) is 17.1. The van der Waals surface area contributed by atoms with Crippen molar-refractivity contribution in [3.63, 3.8) is 0 Å². The molecule has 0 spiro atoms. The van der Waals surface area contributed by atoms with Crippen molar-refractivity contribution in [2.45, 2.75) is 52.0 Å². The van der Waals surface area contributed by atoms with Crippen LogP contribution in [0.3, 0.4) is 0 Å². The van der Waals surface area contributed by atoms with Crippen molar-refractivity contribution in [3.05, 3.63) is 70.8 Å². The van der Waals surface area contributed by atoms with E-state index >= 15 is 0 Å². The van der Waals surface area contributed by atoms with Gasteiger partial charge in [-0.1, -0.05) is 55.5 Å². The molecule has 3 rings (SSSR count). The highest BCUT2D eigenvalue weighted by Crippen LogP contribution is 2.24. The van der Waals surface area contributed by atoms with E-state index < -0.39 is 0 Å². The Labute approximate surface area is 165 Å². The van der Waals surface area contributed by atoms with Gasteiger partial charge in [-0.05, 0) is 92.8 Å². The second kappa shape index (κ2) is 10.6. The predicted molar refractivity (Wildman–Crippen MR) is 116 cm³/mol. The van der Waals surface area contributed by atoms with Crippen molar-refractivity contribution in [1.29, 1.82) is 0 Å². The Balaban J connectivity index is 1.57. The van der Waals surface area contributed by atoms with Crippen LogP contribution in [-0.4, -0.2) is 20.1 Å². The predicted octanol–water partition coefficient (Wildman–Crippen LogP) is 4.76. The topological polar surface area (TPSA) is 24.1 Å². The summed E-state index contributed by atoms with van der Waals surface area (Å²) in [7, 11) is 2.03. The maximum atomic E-state index is 3.49. The average Bonchev–Trinajstić information content (AvgIpc) is 2.70. The molecule has 0 saturated carbocycles. The van der Waals surface area contributed by atoms with Crippen molar-refractivity contribution in [3.8, 4) is 0 Å². The molecular weight excluding hydrogens is 328 g/mol. The van der Waals surface area contributed by atoms with E-state index in [1.165, 1.54) is 62.7 Å². The first kappa shape index (κ1) is 20.1. The molecule has 2 N–H and O–H groups in total. The molecule has 2 heteroatoms. The van der Waals surface area contributed by atoms with E-state index in [9.17, 15) is 0 Å². The number of hydrogen-bond acceptors (Lipinski definition) is 2. The Bertz CT molecular complexity index is 688. The molecule has 2 nitrogen and oxygen atoms in total. The third-order valence-corrected chi connectivity index (χ3v) is 6.05. The molecule has 1 aliphatic heterocycles. The van der Waals surface area contributed by atoms with Gasteiger partial charge in [-0.15, -0.1) is 0 Å². The summed E-state index contributed by atoms with van der Waals surface area (Å²) in [6.07, 6.45) is 7.54. The monoisotopic (exact) mass is 364 g/mol. The number of nitrogens with one attached hydrogen (secondary N) is 2. The summed E-state index contributed by atoms with van der Waals surface area (Å²) in [5.74, 6) is 1.57. The summed E-state index contributed by atoms with van der Waals surface area (Å²) in [5.41, 5.74) is 6.11. The van der Waals surface area contributed by atoms with Crippen LogP contribution in [0.4, 0.5) is 0 Å². The Hall–Kier alpha value is -1.64. The van der Waals surface area contributed by atoms with Gasteiger partial charge in [0.15, 0.2) is 0 Å². The Morgan fingerprint density at radius 3 is 2.26 bits per heavy atom. The highest BCUT2D eigenvalue weighted by molar-refractivity contribution is 5.29. The molecule has 1 aliphatic rings. The van der Waals surface area contributed by atoms with Crippen LogP contribution < -0.4 is 10.6 Å². The van der Waals surface area contributed by atoms with Crippen LogP contribution in [0, 0.1) is 11.8 Å². The van der Waals surface area contributed by atoms with Gasteiger partial charge in [-0.25, -0.2) is 0 Å². The second-order valence-corrected chi connectivity index (χ2v) is 8.31. The quantitative estimate of drug-likeness (QED) is 0.670. The van der Waals surface area contributed by atoms with Crippen molar-refractivity contribution < 1.29 is 0 Å². The summed E-state index contributed by atoms with van der Waals surface area (Å²) in [6, 6.07) is 18.0. The van der Waals surface area contributed by atoms with Gasteiger partial charge >= 0.3 is 0 Å². The smallest absolute Gasteiger partial charge is 0.0205 e. The molecule has 0 amide bonds. The minimum Gasteiger partial charge on any atom is -0.317 e. The number of rotatable bonds is 9. The van der Waals surface area contributed by atoms with Gasteiger partial charge < -0.3 is 10.6 Å². The van der Waals surface area contributed by atoms with Crippen LogP contribution in [0.5, 0.6) is 0 Å². The average molecular weight is 365 g/mol. The number of benzene rings is 2. The van der Waals surface area contributed by atoms with Gasteiger partial charge in [-0.2, -0.15) is 0 Å². The second-order valence-electron chi connectivity index (χ2n) is 8.31. The van der Waals surface area contributed by atoms with Crippen molar-refractivity contribution in [2.75, 3.05) is 20.1 Å². The maximum absolute atomic E-state index is 3.49. The Morgan fingerprint density at radius 1 is 0.926 bits per heavy atom. The first-order chi connectivity index (χ1) is 13.3. The van der Waals surface area contributed by atoms with E-state index in [-0.39, 0.29) is 0 Å². The van der Waals surface area contributed by atoms with Gasteiger partial charge in [0.1, 0.15) is 0 Å². The summed E-state index contributed by atoms with van der Waals surface area (Å²) in [4.78, 5) is 0. The first-order valence-corrected chi connectivity index (χ1v) is 10.7. The zero-order valence-electron chi connectivity index (χ0n) is 17.1. The van der Waals surface area contributed by atoms with Gasteiger partial charge in [0.05, 0.1) is 0 Å². The molecular formula is C25H36N2. The van der Waals surface area contributed by atoms with Gasteiger partial charge in [0.2, 0.25) is 0 Å².